The first-order chi connectivity index (χ1) is 7.81. The SMILES string of the molecule is C=C(CCn1cnc2ccccc21)N=[N+]=[N-]. The standard InChI is InChI=1S/C11H11N5/c1-9(14-15-12)6-7-16-8-13-10-4-2-3-5-11(10)16/h2-5,8H,1,6-7H2. The molecule has 0 bridgehead atoms. The predicted molar refractivity (Wildman–Crippen MR) is 62.6 cm³/mol. The first-order valence-corrected chi connectivity index (χ1v) is 4.94. The predicted octanol–water partition coefficient (Wildman–Crippen LogP) is 3.25. The first kappa shape index (κ1) is 10.3. The van der Waals surface area contributed by atoms with Gasteiger partial charge in [0.15, 0.2) is 0 Å². The lowest BCUT2D eigenvalue weighted by atomic mass is 10.3. The van der Waals surface area contributed by atoms with Crippen LogP contribution in [0.15, 0.2) is 48.0 Å². The van der Waals surface area contributed by atoms with E-state index in [-0.39, 0.29) is 0 Å². The Kier molecular flexibility index (Phi) is 2.89. The third-order valence-corrected chi connectivity index (χ3v) is 2.35. The molecule has 0 aliphatic carbocycles. The molecule has 1 heterocycles. The average molecular weight is 213 g/mol. The normalized spacial score (nSPS) is 10.0. The van der Waals surface area contributed by atoms with Crippen LogP contribution in [-0.2, 0) is 6.54 Å². The largest absolute Gasteiger partial charge is 0.330 e. The number of fused-ring (bicyclic) bond motifs is 1. The van der Waals surface area contributed by atoms with Gasteiger partial charge in [-0.2, -0.15) is 0 Å². The van der Waals surface area contributed by atoms with E-state index >= 15 is 0 Å². The molecule has 0 atom stereocenters. The van der Waals surface area contributed by atoms with E-state index < -0.39 is 0 Å². The lowest BCUT2D eigenvalue weighted by molar-refractivity contribution is 0.707. The van der Waals surface area contributed by atoms with Gasteiger partial charge in [-0.05, 0) is 24.1 Å². The van der Waals surface area contributed by atoms with Gasteiger partial charge >= 0.3 is 0 Å². The molecular weight excluding hydrogens is 202 g/mol. The fourth-order valence-electron chi connectivity index (χ4n) is 1.55. The number of para-hydroxylation sites is 2. The molecule has 1 aromatic heterocycles. The lowest BCUT2D eigenvalue weighted by Gasteiger charge is -2.02. The maximum atomic E-state index is 8.24. The summed E-state index contributed by atoms with van der Waals surface area (Å²) in [7, 11) is 0. The van der Waals surface area contributed by atoms with Crippen LogP contribution in [0.5, 0.6) is 0 Å². The molecule has 2 aromatic rings. The Labute approximate surface area is 92.7 Å². The van der Waals surface area contributed by atoms with Crippen molar-refractivity contribution in [3.8, 4) is 0 Å². The molecule has 0 saturated heterocycles. The van der Waals surface area contributed by atoms with Crippen LogP contribution in [-0.4, -0.2) is 9.55 Å². The number of nitrogens with zero attached hydrogens (tertiary/aromatic N) is 5. The minimum atomic E-state index is 0.542. The van der Waals surface area contributed by atoms with Crippen molar-refractivity contribution in [2.45, 2.75) is 13.0 Å². The molecule has 5 heteroatoms. The lowest BCUT2D eigenvalue weighted by Crippen LogP contribution is -1.96. The number of rotatable bonds is 4. The molecule has 0 fully saturated rings. The fourth-order valence-corrected chi connectivity index (χ4v) is 1.55. The number of allylic oxidation sites excluding steroid dienone is 1. The Balaban J connectivity index is 2.16. The average Bonchev–Trinajstić information content (AvgIpc) is 2.70. The van der Waals surface area contributed by atoms with E-state index in [1.54, 1.807) is 6.33 Å². The van der Waals surface area contributed by atoms with Gasteiger partial charge in [-0.1, -0.05) is 23.8 Å². The number of aromatic nitrogens is 2. The summed E-state index contributed by atoms with van der Waals surface area (Å²) in [5.74, 6) is 0. The van der Waals surface area contributed by atoms with E-state index in [0.717, 1.165) is 17.6 Å². The van der Waals surface area contributed by atoms with Crippen LogP contribution >= 0.6 is 0 Å². The highest BCUT2D eigenvalue weighted by molar-refractivity contribution is 5.74. The van der Waals surface area contributed by atoms with E-state index in [1.807, 2.05) is 28.8 Å². The van der Waals surface area contributed by atoms with Crippen LogP contribution in [0.1, 0.15) is 6.42 Å². The molecule has 0 N–H and O–H groups in total. The maximum absolute atomic E-state index is 8.24. The summed E-state index contributed by atoms with van der Waals surface area (Å²) < 4.78 is 2.02. The molecule has 2 rings (SSSR count). The van der Waals surface area contributed by atoms with Gasteiger partial charge in [-0.25, -0.2) is 4.98 Å². The maximum Gasteiger partial charge on any atom is 0.0958 e. The zero-order valence-electron chi connectivity index (χ0n) is 8.74. The van der Waals surface area contributed by atoms with Crippen LogP contribution < -0.4 is 0 Å². The van der Waals surface area contributed by atoms with Crippen LogP contribution in [0.2, 0.25) is 0 Å². The van der Waals surface area contributed by atoms with Crippen molar-refractivity contribution in [3.63, 3.8) is 0 Å². The Morgan fingerprint density at radius 1 is 1.50 bits per heavy atom. The summed E-state index contributed by atoms with van der Waals surface area (Å²) in [6.45, 7) is 4.39. The zero-order chi connectivity index (χ0) is 11.4. The Morgan fingerprint density at radius 2 is 2.31 bits per heavy atom. The van der Waals surface area contributed by atoms with Gasteiger partial charge in [0.2, 0.25) is 0 Å². The topological polar surface area (TPSA) is 66.6 Å². The molecule has 0 aliphatic rings. The minimum Gasteiger partial charge on any atom is -0.330 e. The number of aryl methyl sites for hydroxylation is 1. The molecule has 5 nitrogen and oxygen atoms in total. The van der Waals surface area contributed by atoms with E-state index in [4.69, 9.17) is 5.53 Å². The van der Waals surface area contributed by atoms with E-state index in [1.165, 1.54) is 0 Å². The zero-order valence-corrected chi connectivity index (χ0v) is 8.74. The quantitative estimate of drug-likeness (QED) is 0.436. The van der Waals surface area contributed by atoms with E-state index in [2.05, 4.69) is 21.6 Å². The molecule has 0 radical (unpaired) electrons. The van der Waals surface area contributed by atoms with Crippen molar-refractivity contribution in [2.24, 2.45) is 5.11 Å². The molecular formula is C11H11N5. The van der Waals surface area contributed by atoms with Gasteiger partial charge < -0.3 is 4.57 Å². The molecule has 0 amide bonds. The summed E-state index contributed by atoms with van der Waals surface area (Å²) in [5.41, 5.74) is 10.8. The van der Waals surface area contributed by atoms with Gasteiger partial charge in [0, 0.05) is 17.2 Å². The Bertz CT molecular complexity index is 563. The molecule has 0 unspecified atom stereocenters. The summed E-state index contributed by atoms with van der Waals surface area (Å²) in [4.78, 5) is 6.97. The number of hydrogen-bond donors (Lipinski definition) is 0. The Morgan fingerprint density at radius 3 is 3.12 bits per heavy atom. The van der Waals surface area contributed by atoms with Crippen molar-refractivity contribution >= 4 is 11.0 Å². The third-order valence-electron chi connectivity index (χ3n) is 2.35. The van der Waals surface area contributed by atoms with E-state index in [9.17, 15) is 0 Å². The van der Waals surface area contributed by atoms with Gasteiger partial charge in [-0.3, -0.25) is 0 Å². The molecule has 1 aromatic carbocycles. The second-order valence-corrected chi connectivity index (χ2v) is 3.43. The summed E-state index contributed by atoms with van der Waals surface area (Å²) in [5, 5.41) is 3.46. The second kappa shape index (κ2) is 4.51. The Hall–Kier alpha value is -2.26. The minimum absolute atomic E-state index is 0.542. The molecule has 0 aliphatic heterocycles. The molecule has 0 saturated carbocycles. The number of hydrogen-bond acceptors (Lipinski definition) is 2. The highest BCUT2D eigenvalue weighted by Gasteiger charge is 2.00. The van der Waals surface area contributed by atoms with Gasteiger partial charge in [-0.15, -0.1) is 0 Å². The smallest absolute Gasteiger partial charge is 0.0958 e. The molecule has 16 heavy (non-hydrogen) atoms. The second-order valence-electron chi connectivity index (χ2n) is 3.43. The van der Waals surface area contributed by atoms with Crippen LogP contribution in [0.25, 0.3) is 21.5 Å². The van der Waals surface area contributed by atoms with Crippen molar-refractivity contribution in [1.82, 2.24) is 9.55 Å². The van der Waals surface area contributed by atoms with Crippen molar-refractivity contribution < 1.29 is 0 Å². The van der Waals surface area contributed by atoms with Crippen molar-refractivity contribution in [2.75, 3.05) is 0 Å². The number of azide groups is 1. The summed E-state index contributed by atoms with van der Waals surface area (Å²) in [6.07, 6.45) is 2.42. The molecule has 80 valence electrons. The van der Waals surface area contributed by atoms with Crippen LogP contribution in [0.3, 0.4) is 0 Å². The van der Waals surface area contributed by atoms with Gasteiger partial charge in [0.05, 0.1) is 17.4 Å². The highest BCUT2D eigenvalue weighted by atomic mass is 15.1. The monoisotopic (exact) mass is 213 g/mol. The van der Waals surface area contributed by atoms with Crippen LogP contribution in [0.4, 0.5) is 0 Å². The third kappa shape index (κ3) is 2.04. The molecule has 0 spiro atoms. The number of imidazole rings is 1. The first-order valence-electron chi connectivity index (χ1n) is 4.94. The van der Waals surface area contributed by atoms with Gasteiger partial charge in [0.1, 0.15) is 0 Å². The van der Waals surface area contributed by atoms with Gasteiger partial charge in [0.25, 0.3) is 0 Å². The highest BCUT2D eigenvalue weighted by Crippen LogP contribution is 2.13. The van der Waals surface area contributed by atoms with E-state index in [0.29, 0.717) is 12.1 Å². The summed E-state index contributed by atoms with van der Waals surface area (Å²) >= 11 is 0. The fraction of sp³-hybridized carbons (Fsp3) is 0.182. The summed E-state index contributed by atoms with van der Waals surface area (Å²) in [6, 6.07) is 7.91. The van der Waals surface area contributed by atoms with Crippen LogP contribution in [0, 0.1) is 0 Å². The number of benzene rings is 1. The van der Waals surface area contributed by atoms with Crippen molar-refractivity contribution in [1.29, 1.82) is 0 Å². The van der Waals surface area contributed by atoms with Crippen molar-refractivity contribution in [3.05, 3.63) is 53.3 Å².